The lowest BCUT2D eigenvalue weighted by molar-refractivity contribution is -0.125. The van der Waals surface area contributed by atoms with Gasteiger partial charge in [-0.2, -0.15) is 0 Å². The molecule has 2 rings (SSSR count). The summed E-state index contributed by atoms with van der Waals surface area (Å²) in [5.74, 6) is -0.622. The molecule has 0 atom stereocenters. The Morgan fingerprint density at radius 3 is 2.24 bits per heavy atom. The molecule has 0 heterocycles. The number of carbonyl (C=O) groups excluding carboxylic acids is 3. The Morgan fingerprint density at radius 2 is 1.60 bits per heavy atom. The second kappa shape index (κ2) is 7.61. The molecule has 0 spiro atoms. The van der Waals surface area contributed by atoms with Crippen LogP contribution < -0.4 is 16.4 Å². The van der Waals surface area contributed by atoms with Crippen molar-refractivity contribution in [2.45, 2.75) is 13.8 Å². The van der Waals surface area contributed by atoms with Crippen molar-refractivity contribution in [1.82, 2.24) is 5.32 Å². The molecule has 4 N–H and O–H groups in total. The minimum Gasteiger partial charge on any atom is -0.369 e. The molecule has 0 fully saturated rings. The highest BCUT2D eigenvalue weighted by molar-refractivity contribution is 6.09. The molecule has 6 nitrogen and oxygen atoms in total. The van der Waals surface area contributed by atoms with Gasteiger partial charge in [-0.1, -0.05) is 42.5 Å². The van der Waals surface area contributed by atoms with E-state index in [1.54, 1.807) is 62.4 Å². The number of primary amides is 1. The molecule has 2 aromatic carbocycles. The lowest BCUT2D eigenvalue weighted by atomic mass is 9.93. The number of amides is 3. The third kappa shape index (κ3) is 4.91. The second-order valence-electron chi connectivity index (χ2n) is 6.33. The van der Waals surface area contributed by atoms with Crippen molar-refractivity contribution < 1.29 is 14.4 Å². The molecule has 0 bridgehead atoms. The van der Waals surface area contributed by atoms with Gasteiger partial charge in [0.05, 0.1) is 5.41 Å². The number of hydrogen-bond acceptors (Lipinski definition) is 3. The van der Waals surface area contributed by atoms with E-state index in [4.69, 9.17) is 5.73 Å². The van der Waals surface area contributed by atoms with Crippen LogP contribution in [0.3, 0.4) is 0 Å². The Hall–Kier alpha value is -3.15. The van der Waals surface area contributed by atoms with Crippen LogP contribution in [0.2, 0.25) is 0 Å². The minimum atomic E-state index is -0.845. The summed E-state index contributed by atoms with van der Waals surface area (Å²) in [6, 6.07) is 15.1. The largest absolute Gasteiger partial charge is 0.369 e. The van der Waals surface area contributed by atoms with Crippen LogP contribution >= 0.6 is 0 Å². The van der Waals surface area contributed by atoms with Gasteiger partial charge in [0, 0.05) is 23.4 Å². The van der Waals surface area contributed by atoms with Crippen LogP contribution in [0.15, 0.2) is 54.6 Å². The van der Waals surface area contributed by atoms with E-state index in [0.29, 0.717) is 16.8 Å². The van der Waals surface area contributed by atoms with E-state index >= 15 is 0 Å². The van der Waals surface area contributed by atoms with E-state index in [1.165, 1.54) is 0 Å². The number of rotatable bonds is 6. The molecule has 130 valence electrons. The first kappa shape index (κ1) is 18.2. The van der Waals surface area contributed by atoms with E-state index in [2.05, 4.69) is 10.6 Å². The maximum absolute atomic E-state index is 12.4. The minimum absolute atomic E-state index is 0.108. The Bertz CT molecular complexity index is 786. The summed E-state index contributed by atoms with van der Waals surface area (Å²) in [7, 11) is 0. The van der Waals surface area contributed by atoms with Crippen LogP contribution in [-0.4, -0.2) is 24.3 Å². The molecule has 3 amide bonds. The maximum Gasteiger partial charge on any atom is 0.319 e. The van der Waals surface area contributed by atoms with E-state index < -0.39 is 17.4 Å². The molecular weight excluding hydrogens is 318 g/mol. The number of hydrogen-bond donors (Lipinski definition) is 3. The summed E-state index contributed by atoms with van der Waals surface area (Å²) in [6.45, 7) is 3.40. The van der Waals surface area contributed by atoms with Gasteiger partial charge in [0.2, 0.25) is 5.91 Å². The van der Waals surface area contributed by atoms with Gasteiger partial charge >= 0.3 is 6.03 Å². The summed E-state index contributed by atoms with van der Waals surface area (Å²) in [5.41, 5.74) is 5.96. The van der Waals surface area contributed by atoms with Crippen LogP contribution in [-0.2, 0) is 4.79 Å². The molecule has 0 radical (unpaired) electrons. The van der Waals surface area contributed by atoms with Gasteiger partial charge in [0.1, 0.15) is 0 Å². The van der Waals surface area contributed by atoms with Crippen molar-refractivity contribution in [2.24, 2.45) is 11.1 Å². The monoisotopic (exact) mass is 339 g/mol. The molecule has 25 heavy (non-hydrogen) atoms. The molecular formula is C19H21N3O3. The molecule has 0 saturated carbocycles. The smallest absolute Gasteiger partial charge is 0.319 e. The fourth-order valence-corrected chi connectivity index (χ4v) is 2.06. The topological polar surface area (TPSA) is 101 Å². The molecule has 0 aromatic heterocycles. The highest BCUT2D eigenvalue weighted by atomic mass is 16.2. The van der Waals surface area contributed by atoms with Gasteiger partial charge in [-0.3, -0.25) is 9.59 Å². The summed E-state index contributed by atoms with van der Waals surface area (Å²) in [4.78, 5) is 35.7. The van der Waals surface area contributed by atoms with Crippen molar-refractivity contribution in [3.05, 3.63) is 65.7 Å². The van der Waals surface area contributed by atoms with Gasteiger partial charge in [-0.25, -0.2) is 4.79 Å². The number of ketones is 1. The van der Waals surface area contributed by atoms with Gasteiger partial charge < -0.3 is 16.4 Å². The predicted molar refractivity (Wildman–Crippen MR) is 96.3 cm³/mol. The first-order chi connectivity index (χ1) is 11.8. The number of benzene rings is 2. The zero-order valence-corrected chi connectivity index (χ0v) is 14.2. The standard InChI is InChI=1S/C19H21N3O3/c1-19(2,17(20)24)12-21-18(25)22-15-10-6-9-14(11-15)16(23)13-7-4-3-5-8-13/h3-11H,12H2,1-2H3,(H2,20,24)(H2,21,22,25). The van der Waals surface area contributed by atoms with Gasteiger partial charge in [-0.05, 0) is 26.0 Å². The number of urea groups is 1. The van der Waals surface area contributed by atoms with Crippen molar-refractivity contribution >= 4 is 23.4 Å². The molecule has 2 aromatic rings. The van der Waals surface area contributed by atoms with Crippen molar-refractivity contribution in [1.29, 1.82) is 0 Å². The zero-order valence-electron chi connectivity index (χ0n) is 14.2. The van der Waals surface area contributed by atoms with Gasteiger partial charge in [0.15, 0.2) is 5.78 Å². The number of nitrogens with two attached hydrogens (primary N) is 1. The van der Waals surface area contributed by atoms with Gasteiger partial charge in [-0.15, -0.1) is 0 Å². The molecule has 6 heteroatoms. The highest BCUT2D eigenvalue weighted by Gasteiger charge is 2.25. The van der Waals surface area contributed by atoms with Gasteiger partial charge in [0.25, 0.3) is 0 Å². The molecule has 0 aliphatic carbocycles. The Morgan fingerprint density at radius 1 is 0.960 bits per heavy atom. The summed E-state index contributed by atoms with van der Waals surface area (Å²) < 4.78 is 0. The van der Waals surface area contributed by atoms with E-state index in [-0.39, 0.29) is 12.3 Å². The lowest BCUT2D eigenvalue weighted by Gasteiger charge is -2.20. The summed E-state index contributed by atoms with van der Waals surface area (Å²) in [5, 5.41) is 5.24. The van der Waals surface area contributed by atoms with Crippen molar-refractivity contribution in [3.8, 4) is 0 Å². The number of nitrogens with one attached hydrogen (secondary N) is 2. The Balaban J connectivity index is 2.03. The lowest BCUT2D eigenvalue weighted by Crippen LogP contribution is -2.43. The van der Waals surface area contributed by atoms with Crippen LogP contribution in [0, 0.1) is 5.41 Å². The third-order valence-corrected chi connectivity index (χ3v) is 3.78. The first-order valence-corrected chi connectivity index (χ1v) is 7.84. The fraction of sp³-hybridized carbons (Fsp3) is 0.211. The van der Waals surface area contributed by atoms with E-state index in [0.717, 1.165) is 0 Å². The Labute approximate surface area is 146 Å². The highest BCUT2D eigenvalue weighted by Crippen LogP contribution is 2.15. The number of anilines is 1. The first-order valence-electron chi connectivity index (χ1n) is 7.84. The maximum atomic E-state index is 12.4. The van der Waals surface area contributed by atoms with Crippen LogP contribution in [0.5, 0.6) is 0 Å². The second-order valence-corrected chi connectivity index (χ2v) is 6.33. The summed E-state index contributed by atoms with van der Waals surface area (Å²) >= 11 is 0. The molecule has 0 unspecified atom stereocenters. The van der Waals surface area contributed by atoms with Crippen molar-refractivity contribution in [3.63, 3.8) is 0 Å². The molecule has 0 aliphatic heterocycles. The van der Waals surface area contributed by atoms with E-state index in [9.17, 15) is 14.4 Å². The van der Waals surface area contributed by atoms with Crippen LogP contribution in [0.1, 0.15) is 29.8 Å². The zero-order chi connectivity index (χ0) is 18.4. The predicted octanol–water partition coefficient (Wildman–Crippen LogP) is 2.55. The van der Waals surface area contributed by atoms with Crippen LogP contribution in [0.25, 0.3) is 0 Å². The Kier molecular flexibility index (Phi) is 5.54. The SMILES string of the molecule is CC(C)(CNC(=O)Nc1cccc(C(=O)c2ccccc2)c1)C(N)=O. The quantitative estimate of drug-likeness (QED) is 0.705. The third-order valence-electron chi connectivity index (χ3n) is 3.78. The van der Waals surface area contributed by atoms with E-state index in [1.807, 2.05) is 6.07 Å². The number of carbonyl (C=O) groups is 3. The van der Waals surface area contributed by atoms with Crippen LogP contribution in [0.4, 0.5) is 10.5 Å². The van der Waals surface area contributed by atoms with Crippen molar-refractivity contribution in [2.75, 3.05) is 11.9 Å². The molecule has 0 aliphatic rings. The average Bonchev–Trinajstić information content (AvgIpc) is 2.60. The normalized spacial score (nSPS) is 10.8. The summed E-state index contributed by atoms with van der Waals surface area (Å²) in [6.07, 6.45) is 0. The average molecular weight is 339 g/mol. The fourth-order valence-electron chi connectivity index (χ4n) is 2.06. The molecule has 0 saturated heterocycles.